The highest BCUT2D eigenvalue weighted by Gasteiger charge is 2.33. The van der Waals surface area contributed by atoms with E-state index < -0.39 is 0 Å². The molecule has 1 aliphatic carbocycles. The van der Waals surface area contributed by atoms with Crippen LogP contribution in [0.2, 0.25) is 0 Å². The SMILES string of the molecule is O=C(OCC1c2ccccc2-c2ccccc21)N(CCCO)C1COC1. The van der Waals surface area contributed by atoms with Gasteiger partial charge >= 0.3 is 6.09 Å². The van der Waals surface area contributed by atoms with Crippen LogP contribution in [-0.2, 0) is 9.47 Å². The van der Waals surface area contributed by atoms with Gasteiger partial charge in [0.05, 0.1) is 19.3 Å². The molecule has 1 heterocycles. The number of rotatable bonds is 6. The average Bonchev–Trinajstić information content (AvgIpc) is 2.95. The number of hydrogen-bond donors (Lipinski definition) is 1. The highest BCUT2D eigenvalue weighted by Crippen LogP contribution is 2.44. The molecule has 4 rings (SSSR count). The summed E-state index contributed by atoms with van der Waals surface area (Å²) in [5.41, 5.74) is 4.84. The zero-order valence-corrected chi connectivity index (χ0v) is 14.6. The lowest BCUT2D eigenvalue weighted by Gasteiger charge is -2.36. The summed E-state index contributed by atoms with van der Waals surface area (Å²) in [5, 5.41) is 9.08. The van der Waals surface area contributed by atoms with Gasteiger partial charge in [0, 0.05) is 19.1 Å². The van der Waals surface area contributed by atoms with E-state index in [1.807, 2.05) is 24.3 Å². The van der Waals surface area contributed by atoms with Crippen LogP contribution in [0.25, 0.3) is 11.1 Å². The summed E-state index contributed by atoms with van der Waals surface area (Å²) in [7, 11) is 0. The number of amides is 1. The lowest BCUT2D eigenvalue weighted by atomic mass is 9.98. The van der Waals surface area contributed by atoms with Crippen LogP contribution in [0.3, 0.4) is 0 Å². The Morgan fingerprint density at radius 3 is 2.23 bits per heavy atom. The van der Waals surface area contributed by atoms with Gasteiger partial charge in [-0.1, -0.05) is 48.5 Å². The molecule has 1 amide bonds. The van der Waals surface area contributed by atoms with Gasteiger partial charge < -0.3 is 19.5 Å². The molecule has 1 aliphatic heterocycles. The maximum Gasteiger partial charge on any atom is 0.410 e. The number of ether oxygens (including phenoxy) is 2. The van der Waals surface area contributed by atoms with Crippen LogP contribution in [-0.4, -0.2) is 55.1 Å². The van der Waals surface area contributed by atoms with Crippen LogP contribution in [0.1, 0.15) is 23.5 Å². The molecule has 5 nitrogen and oxygen atoms in total. The number of hydrogen-bond acceptors (Lipinski definition) is 4. The second-order valence-electron chi connectivity index (χ2n) is 6.77. The van der Waals surface area contributed by atoms with Crippen molar-refractivity contribution in [2.75, 3.05) is 33.0 Å². The molecule has 0 atom stereocenters. The summed E-state index contributed by atoms with van der Waals surface area (Å²) in [6.45, 7) is 1.93. The number of aliphatic hydroxyl groups is 1. The van der Waals surface area contributed by atoms with E-state index in [4.69, 9.17) is 14.6 Å². The third-order valence-corrected chi connectivity index (χ3v) is 5.19. The van der Waals surface area contributed by atoms with Gasteiger partial charge in [-0.25, -0.2) is 4.79 Å². The minimum atomic E-state index is -0.325. The lowest BCUT2D eigenvalue weighted by molar-refractivity contribution is -0.0612. The van der Waals surface area contributed by atoms with Crippen LogP contribution in [0.4, 0.5) is 4.79 Å². The monoisotopic (exact) mass is 353 g/mol. The van der Waals surface area contributed by atoms with Crippen molar-refractivity contribution in [3.05, 3.63) is 59.7 Å². The Bertz CT molecular complexity index is 742. The van der Waals surface area contributed by atoms with Gasteiger partial charge in [-0.3, -0.25) is 0 Å². The summed E-state index contributed by atoms with van der Waals surface area (Å²) in [6.07, 6.45) is 0.217. The first-order valence-corrected chi connectivity index (χ1v) is 9.10. The topological polar surface area (TPSA) is 59.0 Å². The molecular weight excluding hydrogens is 330 g/mol. The molecule has 136 valence electrons. The quantitative estimate of drug-likeness (QED) is 0.867. The standard InChI is InChI=1S/C21H23NO4/c23-11-5-10-22(15-12-25-13-15)21(24)26-14-20-18-8-3-1-6-16(18)17-7-2-4-9-19(17)20/h1-4,6-9,15,20,23H,5,10-14H2. The van der Waals surface area contributed by atoms with Gasteiger partial charge in [0.25, 0.3) is 0 Å². The number of nitrogens with zero attached hydrogens (tertiary/aromatic N) is 1. The van der Waals surface area contributed by atoms with E-state index >= 15 is 0 Å². The van der Waals surface area contributed by atoms with Gasteiger partial charge in [0.15, 0.2) is 0 Å². The third-order valence-electron chi connectivity index (χ3n) is 5.19. The summed E-state index contributed by atoms with van der Waals surface area (Å²) < 4.78 is 10.9. The minimum Gasteiger partial charge on any atom is -0.448 e. The van der Waals surface area contributed by atoms with E-state index in [9.17, 15) is 4.79 Å². The van der Waals surface area contributed by atoms with Gasteiger partial charge in [-0.2, -0.15) is 0 Å². The van der Waals surface area contributed by atoms with Crippen molar-refractivity contribution in [2.24, 2.45) is 0 Å². The van der Waals surface area contributed by atoms with Crippen molar-refractivity contribution >= 4 is 6.09 Å². The molecule has 0 aromatic heterocycles. The van der Waals surface area contributed by atoms with E-state index in [2.05, 4.69) is 24.3 Å². The zero-order chi connectivity index (χ0) is 17.9. The first-order valence-electron chi connectivity index (χ1n) is 9.10. The Hall–Kier alpha value is -2.37. The fraction of sp³-hybridized carbons (Fsp3) is 0.381. The maximum atomic E-state index is 12.6. The predicted octanol–water partition coefficient (Wildman–Crippen LogP) is 3.02. The van der Waals surface area contributed by atoms with E-state index in [-0.39, 0.29) is 24.7 Å². The minimum absolute atomic E-state index is 0.0530. The van der Waals surface area contributed by atoms with E-state index in [1.54, 1.807) is 4.90 Å². The Morgan fingerprint density at radius 1 is 1.08 bits per heavy atom. The smallest absolute Gasteiger partial charge is 0.410 e. The van der Waals surface area contributed by atoms with E-state index in [0.29, 0.717) is 32.8 Å². The Kier molecular flexibility index (Phi) is 4.91. The molecule has 1 N–H and O–H groups in total. The molecular formula is C21H23NO4. The number of carbonyl (C=O) groups excluding carboxylic acids is 1. The Morgan fingerprint density at radius 2 is 1.69 bits per heavy atom. The molecule has 0 saturated carbocycles. The molecule has 0 spiro atoms. The number of benzene rings is 2. The van der Waals surface area contributed by atoms with Crippen molar-refractivity contribution in [1.82, 2.24) is 4.90 Å². The molecule has 1 fully saturated rings. The van der Waals surface area contributed by atoms with E-state index in [1.165, 1.54) is 22.3 Å². The first-order chi connectivity index (χ1) is 12.8. The van der Waals surface area contributed by atoms with Crippen molar-refractivity contribution in [3.8, 4) is 11.1 Å². The predicted molar refractivity (Wildman–Crippen MR) is 98.1 cm³/mol. The Balaban J connectivity index is 1.49. The Labute approximate surface area is 153 Å². The zero-order valence-electron chi connectivity index (χ0n) is 14.6. The van der Waals surface area contributed by atoms with Crippen LogP contribution in [0, 0.1) is 0 Å². The van der Waals surface area contributed by atoms with Crippen LogP contribution in [0.15, 0.2) is 48.5 Å². The molecule has 26 heavy (non-hydrogen) atoms. The summed E-state index contributed by atoms with van der Waals surface area (Å²) >= 11 is 0. The molecule has 2 aromatic rings. The van der Waals surface area contributed by atoms with Gasteiger partial charge in [-0.15, -0.1) is 0 Å². The van der Waals surface area contributed by atoms with Crippen molar-refractivity contribution in [1.29, 1.82) is 0 Å². The van der Waals surface area contributed by atoms with Gasteiger partial charge in [-0.05, 0) is 28.7 Å². The number of aliphatic hydroxyl groups excluding tert-OH is 1. The second kappa shape index (κ2) is 7.48. The average molecular weight is 353 g/mol. The van der Waals surface area contributed by atoms with Gasteiger partial charge in [0.1, 0.15) is 6.61 Å². The van der Waals surface area contributed by atoms with Gasteiger partial charge in [0.2, 0.25) is 0 Å². The first kappa shape index (κ1) is 17.1. The second-order valence-corrected chi connectivity index (χ2v) is 6.77. The summed E-state index contributed by atoms with van der Waals surface area (Å²) in [4.78, 5) is 14.3. The molecule has 2 aliphatic rings. The maximum absolute atomic E-state index is 12.6. The fourth-order valence-corrected chi connectivity index (χ4v) is 3.74. The van der Waals surface area contributed by atoms with Crippen LogP contribution < -0.4 is 0 Å². The third kappa shape index (κ3) is 3.08. The normalized spacial score (nSPS) is 15.9. The lowest BCUT2D eigenvalue weighted by Crippen LogP contribution is -2.52. The van der Waals surface area contributed by atoms with Crippen molar-refractivity contribution in [2.45, 2.75) is 18.4 Å². The van der Waals surface area contributed by atoms with Crippen LogP contribution in [0.5, 0.6) is 0 Å². The molecule has 1 saturated heterocycles. The molecule has 2 aromatic carbocycles. The largest absolute Gasteiger partial charge is 0.448 e. The van der Waals surface area contributed by atoms with Crippen LogP contribution >= 0.6 is 0 Å². The fourth-order valence-electron chi connectivity index (χ4n) is 3.74. The number of carbonyl (C=O) groups is 1. The number of fused-ring (bicyclic) bond motifs is 3. The molecule has 0 radical (unpaired) electrons. The van der Waals surface area contributed by atoms with E-state index in [0.717, 1.165) is 0 Å². The molecule has 0 bridgehead atoms. The highest BCUT2D eigenvalue weighted by atomic mass is 16.6. The van der Waals surface area contributed by atoms with Crippen molar-refractivity contribution < 1.29 is 19.4 Å². The summed E-state index contributed by atoms with van der Waals surface area (Å²) in [6, 6.07) is 16.6. The van der Waals surface area contributed by atoms with Crippen molar-refractivity contribution in [3.63, 3.8) is 0 Å². The highest BCUT2D eigenvalue weighted by molar-refractivity contribution is 5.79. The molecule has 0 unspecified atom stereocenters. The summed E-state index contributed by atoms with van der Waals surface area (Å²) in [5.74, 6) is 0.0590. The molecule has 5 heteroatoms.